The van der Waals surface area contributed by atoms with Crippen molar-refractivity contribution in [2.75, 3.05) is 5.32 Å². The van der Waals surface area contributed by atoms with E-state index in [0.29, 0.717) is 21.8 Å². The topological polar surface area (TPSA) is 62.3 Å². The number of halogens is 1. The summed E-state index contributed by atoms with van der Waals surface area (Å²) in [7, 11) is 0. The monoisotopic (exact) mass is 403 g/mol. The maximum absolute atomic E-state index is 13.2. The van der Waals surface area contributed by atoms with Gasteiger partial charge in [-0.2, -0.15) is 0 Å². The van der Waals surface area contributed by atoms with Gasteiger partial charge in [0.2, 0.25) is 0 Å². The standard InChI is InChI=1S/C23H18ClN3O2/c1-15-7-8-18(24)13-19(15)26-21-20(17-5-3-2-4-6-17)22(28)27(23(21)29)14-16-9-11-25-12-10-16/h2-13,26H,14H2,1H3. The molecule has 144 valence electrons. The van der Waals surface area contributed by atoms with Gasteiger partial charge in [0.15, 0.2) is 0 Å². The second-order valence-electron chi connectivity index (χ2n) is 6.75. The normalized spacial score (nSPS) is 13.9. The summed E-state index contributed by atoms with van der Waals surface area (Å²) in [6, 6.07) is 18.2. The third-order valence-corrected chi connectivity index (χ3v) is 5.01. The highest BCUT2D eigenvalue weighted by Crippen LogP contribution is 2.32. The fourth-order valence-electron chi connectivity index (χ4n) is 3.24. The molecule has 0 spiro atoms. The number of carbonyl (C=O) groups is 2. The van der Waals surface area contributed by atoms with Crippen LogP contribution in [-0.4, -0.2) is 21.7 Å². The fourth-order valence-corrected chi connectivity index (χ4v) is 3.41. The Labute approximate surface area is 173 Å². The molecule has 2 amide bonds. The molecule has 3 aromatic rings. The van der Waals surface area contributed by atoms with Gasteiger partial charge in [-0.1, -0.05) is 48.0 Å². The zero-order chi connectivity index (χ0) is 20.4. The molecule has 0 bridgehead atoms. The zero-order valence-electron chi connectivity index (χ0n) is 15.7. The van der Waals surface area contributed by atoms with Gasteiger partial charge in [0, 0.05) is 23.1 Å². The Kier molecular flexibility index (Phi) is 5.14. The van der Waals surface area contributed by atoms with Crippen LogP contribution in [0.25, 0.3) is 5.57 Å². The molecule has 29 heavy (non-hydrogen) atoms. The molecule has 1 N–H and O–H groups in total. The van der Waals surface area contributed by atoms with Crippen molar-refractivity contribution in [1.29, 1.82) is 0 Å². The lowest BCUT2D eigenvalue weighted by molar-refractivity contribution is -0.137. The number of hydrogen-bond donors (Lipinski definition) is 1. The molecule has 5 nitrogen and oxygen atoms in total. The average molecular weight is 404 g/mol. The fraction of sp³-hybridized carbons (Fsp3) is 0.0870. The van der Waals surface area contributed by atoms with Gasteiger partial charge in [0.05, 0.1) is 12.1 Å². The summed E-state index contributed by atoms with van der Waals surface area (Å²) >= 11 is 6.13. The summed E-state index contributed by atoms with van der Waals surface area (Å²) in [4.78, 5) is 31.7. The summed E-state index contributed by atoms with van der Waals surface area (Å²) in [5.41, 5.74) is 3.72. The van der Waals surface area contributed by atoms with Crippen molar-refractivity contribution in [2.24, 2.45) is 0 Å². The number of aryl methyl sites for hydroxylation is 1. The Bertz CT molecular complexity index is 1110. The van der Waals surface area contributed by atoms with Gasteiger partial charge < -0.3 is 5.32 Å². The highest BCUT2D eigenvalue weighted by molar-refractivity contribution is 6.36. The van der Waals surface area contributed by atoms with Crippen LogP contribution in [-0.2, 0) is 16.1 Å². The summed E-state index contributed by atoms with van der Waals surface area (Å²) < 4.78 is 0. The molecule has 0 saturated carbocycles. The maximum atomic E-state index is 13.2. The summed E-state index contributed by atoms with van der Waals surface area (Å²) in [6.07, 6.45) is 3.28. The van der Waals surface area contributed by atoms with Gasteiger partial charge in [-0.25, -0.2) is 0 Å². The number of rotatable bonds is 5. The van der Waals surface area contributed by atoms with E-state index in [9.17, 15) is 9.59 Å². The van der Waals surface area contributed by atoms with Crippen LogP contribution in [0.5, 0.6) is 0 Å². The quantitative estimate of drug-likeness (QED) is 0.640. The average Bonchev–Trinajstić information content (AvgIpc) is 2.96. The highest BCUT2D eigenvalue weighted by Gasteiger charge is 2.39. The molecule has 4 rings (SSSR count). The van der Waals surface area contributed by atoms with Crippen LogP contribution in [0.4, 0.5) is 5.69 Å². The number of imide groups is 1. The van der Waals surface area contributed by atoms with E-state index in [4.69, 9.17) is 11.6 Å². The van der Waals surface area contributed by atoms with Gasteiger partial charge in [0.25, 0.3) is 11.8 Å². The van der Waals surface area contributed by atoms with E-state index in [1.165, 1.54) is 4.90 Å². The Morgan fingerprint density at radius 1 is 0.966 bits per heavy atom. The van der Waals surface area contributed by atoms with Crippen molar-refractivity contribution in [3.05, 3.63) is 100 Å². The van der Waals surface area contributed by atoms with Crippen LogP contribution in [0.1, 0.15) is 16.7 Å². The first kappa shape index (κ1) is 18.9. The molecule has 0 atom stereocenters. The predicted octanol–water partition coefficient (Wildman–Crippen LogP) is 4.44. The van der Waals surface area contributed by atoms with Gasteiger partial charge in [-0.15, -0.1) is 0 Å². The molecule has 2 heterocycles. The highest BCUT2D eigenvalue weighted by atomic mass is 35.5. The van der Waals surface area contributed by atoms with E-state index >= 15 is 0 Å². The Morgan fingerprint density at radius 3 is 2.41 bits per heavy atom. The van der Waals surface area contributed by atoms with E-state index in [2.05, 4.69) is 10.3 Å². The van der Waals surface area contributed by atoms with Gasteiger partial charge in [0.1, 0.15) is 5.70 Å². The van der Waals surface area contributed by atoms with Crippen LogP contribution in [0, 0.1) is 6.92 Å². The number of carbonyl (C=O) groups excluding carboxylic acids is 2. The first-order valence-corrected chi connectivity index (χ1v) is 9.50. The molecule has 2 aromatic carbocycles. The molecule has 0 radical (unpaired) electrons. The molecular formula is C23H18ClN3O2. The van der Waals surface area contributed by atoms with Gasteiger partial charge in [-0.05, 0) is 47.9 Å². The summed E-state index contributed by atoms with van der Waals surface area (Å²) in [5, 5.41) is 3.71. The second kappa shape index (κ2) is 7.89. The number of aromatic nitrogens is 1. The number of nitrogens with one attached hydrogen (secondary N) is 1. The van der Waals surface area contributed by atoms with E-state index < -0.39 is 0 Å². The lowest BCUT2D eigenvalue weighted by atomic mass is 10.0. The lowest BCUT2D eigenvalue weighted by Gasteiger charge is -2.15. The number of pyridine rings is 1. The minimum Gasteiger partial charge on any atom is -0.350 e. The Balaban J connectivity index is 1.76. The zero-order valence-corrected chi connectivity index (χ0v) is 16.5. The molecule has 6 heteroatoms. The SMILES string of the molecule is Cc1ccc(Cl)cc1NC1=C(c2ccccc2)C(=O)N(Cc2ccncc2)C1=O. The third-order valence-electron chi connectivity index (χ3n) is 4.78. The molecular weight excluding hydrogens is 386 g/mol. The number of nitrogens with zero attached hydrogens (tertiary/aromatic N) is 2. The van der Waals surface area contributed by atoms with Crippen LogP contribution in [0.3, 0.4) is 0 Å². The first-order valence-electron chi connectivity index (χ1n) is 9.12. The predicted molar refractivity (Wildman–Crippen MR) is 113 cm³/mol. The minimum absolute atomic E-state index is 0.177. The number of hydrogen-bond acceptors (Lipinski definition) is 4. The lowest BCUT2D eigenvalue weighted by Crippen LogP contribution is -2.32. The van der Waals surface area contributed by atoms with E-state index in [-0.39, 0.29) is 24.1 Å². The van der Waals surface area contributed by atoms with Crippen LogP contribution in [0.15, 0.2) is 78.8 Å². The van der Waals surface area contributed by atoms with E-state index in [0.717, 1.165) is 11.1 Å². The van der Waals surface area contributed by atoms with Crippen molar-refractivity contribution in [3.8, 4) is 0 Å². The van der Waals surface area contributed by atoms with Gasteiger partial charge >= 0.3 is 0 Å². The molecule has 0 aliphatic carbocycles. The van der Waals surface area contributed by atoms with Crippen LogP contribution < -0.4 is 5.32 Å². The Hall–Kier alpha value is -3.44. The van der Waals surface area contributed by atoms with Crippen molar-refractivity contribution >= 4 is 34.7 Å². The van der Waals surface area contributed by atoms with Crippen LogP contribution in [0.2, 0.25) is 5.02 Å². The Morgan fingerprint density at radius 2 is 1.69 bits per heavy atom. The number of amides is 2. The smallest absolute Gasteiger partial charge is 0.278 e. The van der Waals surface area contributed by atoms with Crippen LogP contribution >= 0.6 is 11.6 Å². The molecule has 1 aliphatic rings. The van der Waals surface area contributed by atoms with Gasteiger partial charge in [-0.3, -0.25) is 19.5 Å². The summed E-state index contributed by atoms with van der Waals surface area (Å²) in [5.74, 6) is -0.703. The third kappa shape index (κ3) is 3.77. The molecule has 0 fully saturated rings. The molecule has 1 aliphatic heterocycles. The summed E-state index contributed by atoms with van der Waals surface area (Å²) in [6.45, 7) is 2.09. The maximum Gasteiger partial charge on any atom is 0.278 e. The van der Waals surface area contributed by atoms with E-state index in [1.54, 1.807) is 36.7 Å². The van der Waals surface area contributed by atoms with Crippen molar-refractivity contribution in [2.45, 2.75) is 13.5 Å². The second-order valence-corrected chi connectivity index (χ2v) is 7.19. The first-order chi connectivity index (χ1) is 14.0. The molecule has 0 unspecified atom stereocenters. The number of benzene rings is 2. The molecule has 1 aromatic heterocycles. The minimum atomic E-state index is -0.370. The number of anilines is 1. The van der Waals surface area contributed by atoms with Crippen molar-refractivity contribution < 1.29 is 9.59 Å². The molecule has 0 saturated heterocycles. The van der Waals surface area contributed by atoms with Crippen molar-refractivity contribution in [1.82, 2.24) is 9.88 Å². The van der Waals surface area contributed by atoms with Crippen molar-refractivity contribution in [3.63, 3.8) is 0 Å². The largest absolute Gasteiger partial charge is 0.350 e. The van der Waals surface area contributed by atoms with E-state index in [1.807, 2.05) is 43.3 Å².